The smallest absolute Gasteiger partial charge is 0.246 e. The Morgan fingerprint density at radius 3 is 2.43 bits per heavy atom. The number of nitrogens with zero attached hydrogens (tertiary/aromatic N) is 1. The molecule has 0 radical (unpaired) electrons. The molecule has 0 N–H and O–H groups in total. The molecule has 76 valence electrons. The first kappa shape index (κ1) is 9.96. The normalized spacial score (nSPS) is 17.1. The van der Waals surface area contributed by atoms with Crippen molar-refractivity contribution in [2.75, 3.05) is 0 Å². The van der Waals surface area contributed by atoms with Crippen molar-refractivity contribution in [3.05, 3.63) is 28.0 Å². The lowest BCUT2D eigenvalue weighted by Gasteiger charge is -2.08. The van der Waals surface area contributed by atoms with Crippen molar-refractivity contribution in [1.29, 1.82) is 0 Å². The minimum Gasteiger partial charge on any atom is -0.246 e. The number of rotatable bonds is 1. The van der Waals surface area contributed by atoms with Crippen LogP contribution in [-0.4, -0.2) is 4.98 Å². The van der Waals surface area contributed by atoms with Crippen LogP contribution >= 0.6 is 15.9 Å². The Hall–Kier alpha value is -0.580. The van der Waals surface area contributed by atoms with E-state index >= 15 is 0 Å². The van der Waals surface area contributed by atoms with Gasteiger partial charge in [-0.25, -0.2) is 4.98 Å². The molecule has 1 aliphatic carbocycles. The second kappa shape index (κ2) is 3.22. The molecule has 0 amide bonds. The Labute approximate surface area is 87.5 Å². The Bertz CT molecular complexity index is 358. The molecule has 1 aliphatic rings. The van der Waals surface area contributed by atoms with E-state index in [4.69, 9.17) is 0 Å². The fourth-order valence-corrected chi connectivity index (χ4v) is 1.72. The summed E-state index contributed by atoms with van der Waals surface area (Å²) in [6, 6.07) is 2.15. The van der Waals surface area contributed by atoms with Gasteiger partial charge in [0.25, 0.3) is 0 Å². The van der Waals surface area contributed by atoms with Crippen molar-refractivity contribution >= 4 is 15.9 Å². The summed E-state index contributed by atoms with van der Waals surface area (Å²) in [6.07, 6.45) is -2.39. The van der Waals surface area contributed by atoms with Gasteiger partial charge < -0.3 is 0 Å². The van der Waals surface area contributed by atoms with Crippen LogP contribution < -0.4 is 0 Å². The number of halogens is 4. The molecule has 1 aromatic heterocycles. The van der Waals surface area contributed by atoms with Crippen molar-refractivity contribution in [2.45, 2.75) is 24.9 Å². The maximum atomic E-state index is 12.4. The fourth-order valence-electron chi connectivity index (χ4n) is 1.27. The molecule has 0 aromatic carbocycles. The molecule has 0 bridgehead atoms. The highest BCUT2D eigenvalue weighted by Crippen LogP contribution is 2.41. The second-order valence-corrected chi connectivity index (χ2v) is 4.19. The third-order valence-corrected chi connectivity index (χ3v) is 2.54. The van der Waals surface area contributed by atoms with E-state index in [1.54, 1.807) is 0 Å². The van der Waals surface area contributed by atoms with Crippen LogP contribution in [0.1, 0.15) is 30.0 Å². The summed E-state index contributed by atoms with van der Waals surface area (Å²) in [4.78, 5) is 4.03. The lowest BCUT2D eigenvalue weighted by Crippen LogP contribution is -2.06. The molecule has 0 unspecified atom stereocenters. The Kier molecular flexibility index (Phi) is 2.29. The van der Waals surface area contributed by atoms with Gasteiger partial charge >= 0.3 is 6.18 Å². The first-order chi connectivity index (χ1) is 6.47. The summed E-state index contributed by atoms with van der Waals surface area (Å²) in [5, 5.41) is 0. The third-order valence-electron chi connectivity index (χ3n) is 2.14. The number of hydrogen-bond donors (Lipinski definition) is 0. The predicted octanol–water partition coefficient (Wildman–Crippen LogP) is 3.74. The zero-order chi connectivity index (χ0) is 10.3. The number of pyridine rings is 1. The molecular weight excluding hydrogens is 259 g/mol. The van der Waals surface area contributed by atoms with Gasteiger partial charge in [0.15, 0.2) is 0 Å². The minimum atomic E-state index is -4.28. The standard InChI is InChI=1S/C9H7BrF3N/c10-8-4-6(9(11,12)13)3-7(14-8)5-1-2-5/h3-5H,1-2H2. The highest BCUT2D eigenvalue weighted by molar-refractivity contribution is 9.10. The van der Waals surface area contributed by atoms with Crippen molar-refractivity contribution in [2.24, 2.45) is 0 Å². The molecule has 0 spiro atoms. The molecule has 1 nitrogen and oxygen atoms in total. The number of hydrogen-bond acceptors (Lipinski definition) is 1. The maximum Gasteiger partial charge on any atom is 0.416 e. The van der Waals surface area contributed by atoms with Crippen molar-refractivity contribution in [1.82, 2.24) is 4.98 Å². The molecule has 1 fully saturated rings. The summed E-state index contributed by atoms with van der Waals surface area (Å²) in [5.41, 5.74) is -0.0759. The van der Waals surface area contributed by atoms with Crippen LogP contribution in [0.4, 0.5) is 13.2 Å². The Balaban J connectivity index is 2.41. The molecule has 1 heterocycles. The van der Waals surface area contributed by atoms with Crippen LogP contribution in [0.2, 0.25) is 0 Å². The van der Waals surface area contributed by atoms with Crippen LogP contribution in [0.15, 0.2) is 16.7 Å². The SMILES string of the molecule is FC(F)(F)c1cc(Br)nc(C2CC2)c1. The lowest BCUT2D eigenvalue weighted by atomic mass is 10.2. The van der Waals surface area contributed by atoms with Gasteiger partial charge in [0.1, 0.15) is 4.60 Å². The van der Waals surface area contributed by atoms with E-state index in [0.29, 0.717) is 5.69 Å². The lowest BCUT2D eigenvalue weighted by molar-refractivity contribution is -0.137. The summed E-state index contributed by atoms with van der Waals surface area (Å²) in [7, 11) is 0. The van der Waals surface area contributed by atoms with Crippen LogP contribution in [0.3, 0.4) is 0 Å². The van der Waals surface area contributed by atoms with E-state index in [1.807, 2.05) is 0 Å². The molecule has 1 saturated carbocycles. The zero-order valence-corrected chi connectivity index (χ0v) is 8.69. The van der Waals surface area contributed by atoms with E-state index in [2.05, 4.69) is 20.9 Å². The molecule has 1 aromatic rings. The van der Waals surface area contributed by atoms with E-state index < -0.39 is 11.7 Å². The van der Waals surface area contributed by atoms with Crippen molar-refractivity contribution in [3.8, 4) is 0 Å². The van der Waals surface area contributed by atoms with Gasteiger partial charge in [-0.2, -0.15) is 13.2 Å². The molecule has 0 atom stereocenters. The minimum absolute atomic E-state index is 0.230. The molecule has 0 aliphatic heterocycles. The monoisotopic (exact) mass is 265 g/mol. The van der Waals surface area contributed by atoms with E-state index in [1.165, 1.54) is 0 Å². The third kappa shape index (κ3) is 2.08. The summed E-state index contributed by atoms with van der Waals surface area (Å²) in [6.45, 7) is 0. The highest BCUT2D eigenvalue weighted by atomic mass is 79.9. The van der Waals surface area contributed by atoms with Gasteiger partial charge in [-0.15, -0.1) is 0 Å². The van der Waals surface area contributed by atoms with E-state index in [-0.39, 0.29) is 10.5 Å². The Morgan fingerprint density at radius 1 is 1.29 bits per heavy atom. The average molecular weight is 266 g/mol. The van der Waals surface area contributed by atoms with E-state index in [0.717, 1.165) is 25.0 Å². The fraction of sp³-hybridized carbons (Fsp3) is 0.444. The van der Waals surface area contributed by atoms with Gasteiger partial charge in [0, 0.05) is 11.6 Å². The summed E-state index contributed by atoms with van der Waals surface area (Å²) < 4.78 is 37.4. The number of aromatic nitrogens is 1. The largest absolute Gasteiger partial charge is 0.416 e. The molecule has 0 saturated heterocycles. The topological polar surface area (TPSA) is 12.9 Å². The first-order valence-corrected chi connectivity index (χ1v) is 5.01. The highest BCUT2D eigenvalue weighted by Gasteiger charge is 2.33. The van der Waals surface area contributed by atoms with Gasteiger partial charge in [-0.05, 0) is 40.9 Å². The van der Waals surface area contributed by atoms with Crippen LogP contribution in [0.25, 0.3) is 0 Å². The van der Waals surface area contributed by atoms with Gasteiger partial charge in [-0.1, -0.05) is 0 Å². The zero-order valence-electron chi connectivity index (χ0n) is 7.11. The summed E-state index contributed by atoms with van der Waals surface area (Å²) >= 11 is 2.99. The van der Waals surface area contributed by atoms with Gasteiger partial charge in [-0.3, -0.25) is 0 Å². The van der Waals surface area contributed by atoms with Crippen molar-refractivity contribution in [3.63, 3.8) is 0 Å². The van der Waals surface area contributed by atoms with E-state index in [9.17, 15) is 13.2 Å². The number of alkyl halides is 3. The van der Waals surface area contributed by atoms with Crippen LogP contribution in [0.5, 0.6) is 0 Å². The average Bonchev–Trinajstić information content (AvgIpc) is 2.83. The van der Waals surface area contributed by atoms with Gasteiger partial charge in [0.05, 0.1) is 5.56 Å². The maximum absolute atomic E-state index is 12.4. The molecule has 5 heteroatoms. The molecule has 14 heavy (non-hydrogen) atoms. The van der Waals surface area contributed by atoms with Crippen molar-refractivity contribution < 1.29 is 13.2 Å². The molecule has 2 rings (SSSR count). The molecular formula is C9H7BrF3N. The Morgan fingerprint density at radius 2 is 1.93 bits per heavy atom. The predicted molar refractivity (Wildman–Crippen MR) is 48.9 cm³/mol. The van der Waals surface area contributed by atoms with Gasteiger partial charge in [0.2, 0.25) is 0 Å². The van der Waals surface area contributed by atoms with Crippen LogP contribution in [0, 0.1) is 0 Å². The summed E-state index contributed by atoms with van der Waals surface area (Å²) in [5.74, 6) is 0.230. The van der Waals surface area contributed by atoms with Crippen LogP contribution in [-0.2, 0) is 6.18 Å². The quantitative estimate of drug-likeness (QED) is 0.705. The second-order valence-electron chi connectivity index (χ2n) is 3.38. The first-order valence-electron chi connectivity index (χ1n) is 4.21.